The summed E-state index contributed by atoms with van der Waals surface area (Å²) in [5.74, 6) is -0.583. The lowest BCUT2D eigenvalue weighted by atomic mass is 10.1. The van der Waals surface area contributed by atoms with Crippen LogP contribution in [0.2, 0.25) is 0 Å². The quantitative estimate of drug-likeness (QED) is 0.528. The molecule has 0 bridgehead atoms. The van der Waals surface area contributed by atoms with Crippen LogP contribution in [0.3, 0.4) is 0 Å². The van der Waals surface area contributed by atoms with Crippen LogP contribution in [0.25, 0.3) is 0 Å². The molecule has 0 aliphatic carbocycles. The average molecular weight is 281 g/mol. The van der Waals surface area contributed by atoms with Gasteiger partial charge in [0.05, 0.1) is 12.8 Å². The third-order valence-corrected chi connectivity index (χ3v) is 2.88. The Morgan fingerprint density at radius 3 is 2.90 bits per heavy atom. The highest BCUT2D eigenvalue weighted by Crippen LogP contribution is 2.16. The number of aliphatic hydroxyl groups is 1. The minimum atomic E-state index is -0.772. The summed E-state index contributed by atoms with van der Waals surface area (Å²) in [6.07, 6.45) is 2.22. The molecule has 1 aliphatic rings. The monoisotopic (exact) mass is 281 g/mol. The predicted octanol–water partition coefficient (Wildman–Crippen LogP) is -1.02. The van der Waals surface area contributed by atoms with Crippen molar-refractivity contribution in [2.24, 2.45) is 0 Å². The molecular weight excluding hydrogens is 266 g/mol. The number of hydrogen-bond acceptors (Lipinski definition) is 6. The van der Waals surface area contributed by atoms with Crippen molar-refractivity contribution in [1.82, 2.24) is 15.1 Å². The summed E-state index contributed by atoms with van der Waals surface area (Å²) >= 11 is 0. The van der Waals surface area contributed by atoms with Gasteiger partial charge >= 0.3 is 0 Å². The van der Waals surface area contributed by atoms with Crippen LogP contribution in [-0.4, -0.2) is 39.9 Å². The van der Waals surface area contributed by atoms with Gasteiger partial charge in [-0.25, -0.2) is 4.68 Å². The summed E-state index contributed by atoms with van der Waals surface area (Å²) in [6, 6.07) is 0.459. The molecule has 1 aliphatic heterocycles. The summed E-state index contributed by atoms with van der Waals surface area (Å²) < 4.78 is 6.27. The number of amides is 2. The van der Waals surface area contributed by atoms with Gasteiger partial charge < -0.3 is 9.84 Å². The first-order valence-corrected chi connectivity index (χ1v) is 6.28. The maximum Gasteiger partial charge on any atom is 0.271 e. The Morgan fingerprint density at radius 1 is 1.45 bits per heavy atom. The first kappa shape index (κ1) is 14.2. The van der Waals surface area contributed by atoms with E-state index in [9.17, 15) is 14.4 Å². The second kappa shape index (κ2) is 6.29. The van der Waals surface area contributed by atoms with Crippen molar-refractivity contribution in [3.8, 4) is 5.75 Å². The molecule has 2 heterocycles. The lowest BCUT2D eigenvalue weighted by Gasteiger charge is -2.21. The number of ether oxygens (including phenoxy) is 1. The molecule has 0 saturated carbocycles. The smallest absolute Gasteiger partial charge is 0.271 e. The number of aromatic nitrogens is 2. The van der Waals surface area contributed by atoms with Gasteiger partial charge in [0.1, 0.15) is 11.8 Å². The molecule has 20 heavy (non-hydrogen) atoms. The molecule has 8 heteroatoms. The third-order valence-electron chi connectivity index (χ3n) is 2.88. The standard InChI is InChI=1S/C12H15N3O5/c16-4-1-5-20-8-6-11(18)15(13-7-8)9-2-3-10(17)14-12(9)19/h6-7,9,16H,1-5H2,(H,14,17,19). The van der Waals surface area contributed by atoms with E-state index in [1.165, 1.54) is 12.3 Å². The lowest BCUT2D eigenvalue weighted by Crippen LogP contribution is -2.45. The summed E-state index contributed by atoms with van der Waals surface area (Å²) in [4.78, 5) is 34.6. The molecule has 0 aromatic carbocycles. The highest BCUT2D eigenvalue weighted by atomic mass is 16.5. The lowest BCUT2D eigenvalue weighted by molar-refractivity contribution is -0.136. The van der Waals surface area contributed by atoms with E-state index >= 15 is 0 Å². The van der Waals surface area contributed by atoms with Gasteiger partial charge in [0.2, 0.25) is 5.91 Å². The van der Waals surface area contributed by atoms with E-state index in [0.717, 1.165) is 4.68 Å². The number of nitrogens with one attached hydrogen (secondary N) is 1. The molecule has 8 nitrogen and oxygen atoms in total. The SMILES string of the molecule is O=C1CCC(n2ncc(OCCCO)cc2=O)C(=O)N1. The van der Waals surface area contributed by atoms with Crippen LogP contribution in [0, 0.1) is 0 Å². The molecule has 0 radical (unpaired) electrons. The maximum atomic E-state index is 11.9. The average Bonchev–Trinajstić information content (AvgIpc) is 2.40. The molecular formula is C12H15N3O5. The summed E-state index contributed by atoms with van der Waals surface area (Å²) in [5, 5.41) is 14.7. The molecule has 1 atom stereocenters. The summed E-state index contributed by atoms with van der Waals surface area (Å²) in [6.45, 7) is 0.279. The fraction of sp³-hybridized carbons (Fsp3) is 0.500. The van der Waals surface area contributed by atoms with E-state index in [1.54, 1.807) is 0 Å². The normalized spacial score (nSPS) is 18.8. The van der Waals surface area contributed by atoms with Crippen LogP contribution in [0.4, 0.5) is 0 Å². The summed E-state index contributed by atoms with van der Waals surface area (Å²) in [7, 11) is 0. The highest BCUT2D eigenvalue weighted by molar-refractivity contribution is 5.99. The minimum Gasteiger partial charge on any atom is -0.492 e. The second-order valence-corrected chi connectivity index (χ2v) is 4.37. The number of rotatable bonds is 5. The Labute approximate surface area is 114 Å². The van der Waals surface area contributed by atoms with Gasteiger partial charge in [-0.1, -0.05) is 0 Å². The van der Waals surface area contributed by atoms with Gasteiger partial charge in [0.25, 0.3) is 11.5 Å². The van der Waals surface area contributed by atoms with Gasteiger partial charge in [-0.3, -0.25) is 19.7 Å². The number of piperidine rings is 1. The Balaban J connectivity index is 2.11. The molecule has 0 spiro atoms. The fourth-order valence-corrected chi connectivity index (χ4v) is 1.88. The molecule has 1 saturated heterocycles. The largest absolute Gasteiger partial charge is 0.492 e. The van der Waals surface area contributed by atoms with Gasteiger partial charge in [-0.15, -0.1) is 0 Å². The van der Waals surface area contributed by atoms with Gasteiger partial charge in [0.15, 0.2) is 0 Å². The molecule has 2 amide bonds. The van der Waals surface area contributed by atoms with Crippen LogP contribution in [0.15, 0.2) is 17.1 Å². The highest BCUT2D eigenvalue weighted by Gasteiger charge is 2.29. The van der Waals surface area contributed by atoms with E-state index in [2.05, 4.69) is 10.4 Å². The second-order valence-electron chi connectivity index (χ2n) is 4.37. The van der Waals surface area contributed by atoms with Crippen molar-refractivity contribution in [3.05, 3.63) is 22.6 Å². The third kappa shape index (κ3) is 3.21. The number of carbonyl (C=O) groups is 2. The van der Waals surface area contributed by atoms with Crippen molar-refractivity contribution in [2.45, 2.75) is 25.3 Å². The fourth-order valence-electron chi connectivity index (χ4n) is 1.88. The van der Waals surface area contributed by atoms with E-state index in [-0.39, 0.29) is 37.7 Å². The van der Waals surface area contributed by atoms with E-state index < -0.39 is 17.5 Å². The van der Waals surface area contributed by atoms with Crippen molar-refractivity contribution in [2.75, 3.05) is 13.2 Å². The molecule has 1 unspecified atom stereocenters. The maximum absolute atomic E-state index is 11.9. The first-order chi connectivity index (χ1) is 9.61. The zero-order chi connectivity index (χ0) is 14.5. The summed E-state index contributed by atoms with van der Waals surface area (Å²) in [5.41, 5.74) is -0.471. The van der Waals surface area contributed by atoms with E-state index in [0.29, 0.717) is 6.42 Å². The first-order valence-electron chi connectivity index (χ1n) is 6.28. The molecule has 2 rings (SSSR count). The van der Waals surface area contributed by atoms with Gasteiger partial charge in [-0.2, -0.15) is 5.10 Å². The number of hydrogen-bond donors (Lipinski definition) is 2. The zero-order valence-corrected chi connectivity index (χ0v) is 10.7. The van der Waals surface area contributed by atoms with E-state index in [4.69, 9.17) is 9.84 Å². The van der Waals surface area contributed by atoms with Crippen LogP contribution in [0.1, 0.15) is 25.3 Å². The molecule has 2 N–H and O–H groups in total. The zero-order valence-electron chi connectivity index (χ0n) is 10.7. The van der Waals surface area contributed by atoms with Gasteiger partial charge in [-0.05, 0) is 6.42 Å². The topological polar surface area (TPSA) is 111 Å². The van der Waals surface area contributed by atoms with E-state index in [1.807, 2.05) is 0 Å². The number of carbonyl (C=O) groups excluding carboxylic acids is 2. The van der Waals surface area contributed by atoms with Crippen LogP contribution >= 0.6 is 0 Å². The molecule has 108 valence electrons. The van der Waals surface area contributed by atoms with Crippen molar-refractivity contribution < 1.29 is 19.4 Å². The Bertz CT molecular complexity index is 568. The number of imide groups is 1. The number of aliphatic hydroxyl groups excluding tert-OH is 1. The predicted molar refractivity (Wildman–Crippen MR) is 67.1 cm³/mol. The Hall–Kier alpha value is -2.22. The van der Waals surface area contributed by atoms with Crippen LogP contribution in [-0.2, 0) is 9.59 Å². The number of nitrogens with zero attached hydrogens (tertiary/aromatic N) is 2. The Morgan fingerprint density at radius 2 is 2.25 bits per heavy atom. The minimum absolute atomic E-state index is 0.000762. The van der Waals surface area contributed by atoms with Crippen LogP contribution in [0.5, 0.6) is 5.75 Å². The van der Waals surface area contributed by atoms with Crippen molar-refractivity contribution in [1.29, 1.82) is 0 Å². The van der Waals surface area contributed by atoms with Gasteiger partial charge in [0, 0.05) is 25.5 Å². The molecule has 1 fully saturated rings. The van der Waals surface area contributed by atoms with Crippen molar-refractivity contribution >= 4 is 11.8 Å². The van der Waals surface area contributed by atoms with Crippen molar-refractivity contribution in [3.63, 3.8) is 0 Å². The van der Waals surface area contributed by atoms with Crippen LogP contribution < -0.4 is 15.6 Å². The molecule has 1 aromatic rings. The molecule has 1 aromatic heterocycles. The Kier molecular flexibility index (Phi) is 4.46.